The van der Waals surface area contributed by atoms with Crippen molar-refractivity contribution in [3.63, 3.8) is 0 Å². The van der Waals surface area contributed by atoms with E-state index >= 15 is 0 Å². The number of rotatable bonds is 7. The van der Waals surface area contributed by atoms with Crippen LogP contribution in [0.3, 0.4) is 0 Å². The molecule has 0 fully saturated rings. The normalized spacial score (nSPS) is 12.7. The molecule has 0 aliphatic heterocycles. The first-order valence-corrected chi connectivity index (χ1v) is 7.36. The Morgan fingerprint density at radius 1 is 1.44 bits per heavy atom. The topological polar surface area (TPSA) is 0 Å². The van der Waals surface area contributed by atoms with Crippen LogP contribution in [0.15, 0.2) is 24.3 Å². The van der Waals surface area contributed by atoms with Crippen LogP contribution < -0.4 is 0 Å². The summed E-state index contributed by atoms with van der Waals surface area (Å²) in [7, 11) is 0. The lowest BCUT2D eigenvalue weighted by atomic mass is 9.96. The lowest BCUT2D eigenvalue weighted by Crippen LogP contribution is -2.02. The average Bonchev–Trinajstić information content (AvgIpc) is 2.29. The van der Waals surface area contributed by atoms with Gasteiger partial charge in [0.2, 0.25) is 0 Å². The van der Waals surface area contributed by atoms with E-state index in [0.717, 1.165) is 24.2 Å². The van der Waals surface area contributed by atoms with E-state index < -0.39 is 0 Å². The molecule has 1 aromatic rings. The van der Waals surface area contributed by atoms with E-state index in [2.05, 4.69) is 6.92 Å². The summed E-state index contributed by atoms with van der Waals surface area (Å²) in [4.78, 5) is 0. The summed E-state index contributed by atoms with van der Waals surface area (Å²) in [6.07, 6.45) is 2.19. The van der Waals surface area contributed by atoms with Crippen molar-refractivity contribution in [2.45, 2.75) is 25.7 Å². The molecule has 0 N–H and O–H groups in total. The second-order valence-corrected chi connectivity index (χ2v) is 5.45. The molecule has 16 heavy (non-hydrogen) atoms. The Labute approximate surface area is 107 Å². The highest BCUT2D eigenvalue weighted by molar-refractivity contribution is 7.99. The molecule has 0 aliphatic rings. The van der Waals surface area contributed by atoms with Crippen LogP contribution >= 0.6 is 23.4 Å². The van der Waals surface area contributed by atoms with Crippen LogP contribution in [-0.4, -0.2) is 17.4 Å². The molecule has 1 unspecified atom stereocenters. The Morgan fingerprint density at radius 2 is 2.25 bits per heavy atom. The van der Waals surface area contributed by atoms with Crippen LogP contribution in [0.1, 0.15) is 31.2 Å². The lowest BCUT2D eigenvalue weighted by Gasteiger charge is -2.14. The maximum atomic E-state index is 13.1. The van der Waals surface area contributed by atoms with Gasteiger partial charge in [-0.2, -0.15) is 11.8 Å². The van der Waals surface area contributed by atoms with E-state index in [1.54, 1.807) is 12.1 Å². The minimum Gasteiger partial charge on any atom is -0.207 e. The quantitative estimate of drug-likeness (QED) is 0.507. The summed E-state index contributed by atoms with van der Waals surface area (Å²) >= 11 is 7.88. The van der Waals surface area contributed by atoms with Crippen LogP contribution in [0.5, 0.6) is 0 Å². The largest absolute Gasteiger partial charge is 0.207 e. The molecule has 0 aromatic heterocycles. The van der Waals surface area contributed by atoms with Crippen LogP contribution in [0, 0.1) is 5.82 Å². The number of hydrogen-bond donors (Lipinski definition) is 0. The highest BCUT2D eigenvalue weighted by Crippen LogP contribution is 2.24. The van der Waals surface area contributed by atoms with Gasteiger partial charge in [-0.3, -0.25) is 0 Å². The Bertz CT molecular complexity index is 304. The first kappa shape index (κ1) is 13.9. The summed E-state index contributed by atoms with van der Waals surface area (Å²) in [6, 6.07) is 6.79. The summed E-state index contributed by atoms with van der Waals surface area (Å²) in [5.74, 6) is 3.01. The molecule has 0 aliphatic carbocycles. The van der Waals surface area contributed by atoms with Crippen molar-refractivity contribution < 1.29 is 4.39 Å². The Balaban J connectivity index is 2.47. The number of hydrogen-bond acceptors (Lipinski definition) is 1. The van der Waals surface area contributed by atoms with Gasteiger partial charge in [-0.25, -0.2) is 4.39 Å². The maximum Gasteiger partial charge on any atom is 0.123 e. The van der Waals surface area contributed by atoms with Gasteiger partial charge in [-0.05, 0) is 48.0 Å². The van der Waals surface area contributed by atoms with Crippen molar-refractivity contribution in [1.29, 1.82) is 0 Å². The SMILES string of the molecule is CCSCCCC(CCl)c1cccc(F)c1. The van der Waals surface area contributed by atoms with Gasteiger partial charge in [0.25, 0.3) is 0 Å². The highest BCUT2D eigenvalue weighted by Gasteiger charge is 2.10. The molecule has 0 saturated carbocycles. The van der Waals surface area contributed by atoms with Crippen molar-refractivity contribution >= 4 is 23.4 Å². The molecule has 0 spiro atoms. The fourth-order valence-electron chi connectivity index (χ4n) is 1.67. The third-order valence-electron chi connectivity index (χ3n) is 2.55. The molecule has 1 atom stereocenters. The third-order valence-corrected chi connectivity index (χ3v) is 3.91. The van der Waals surface area contributed by atoms with Gasteiger partial charge in [0.1, 0.15) is 5.82 Å². The second kappa shape index (κ2) is 7.97. The van der Waals surface area contributed by atoms with E-state index in [-0.39, 0.29) is 11.7 Å². The number of thioether (sulfide) groups is 1. The van der Waals surface area contributed by atoms with Crippen LogP contribution in [0.2, 0.25) is 0 Å². The smallest absolute Gasteiger partial charge is 0.123 e. The monoisotopic (exact) mass is 260 g/mol. The van der Waals surface area contributed by atoms with Crippen molar-refractivity contribution in [2.75, 3.05) is 17.4 Å². The summed E-state index contributed by atoms with van der Waals surface area (Å²) < 4.78 is 13.1. The number of halogens is 2. The van der Waals surface area contributed by atoms with Crippen LogP contribution in [-0.2, 0) is 0 Å². The lowest BCUT2D eigenvalue weighted by molar-refractivity contribution is 0.615. The molecular weight excluding hydrogens is 243 g/mol. The molecule has 0 nitrogen and oxygen atoms in total. The number of benzene rings is 1. The maximum absolute atomic E-state index is 13.1. The minimum atomic E-state index is -0.171. The van der Waals surface area contributed by atoms with Crippen molar-refractivity contribution in [3.8, 4) is 0 Å². The van der Waals surface area contributed by atoms with Crippen LogP contribution in [0.4, 0.5) is 4.39 Å². The molecule has 1 aromatic carbocycles. The van der Waals surface area contributed by atoms with Gasteiger partial charge < -0.3 is 0 Å². The molecule has 3 heteroatoms. The van der Waals surface area contributed by atoms with Crippen LogP contribution in [0.25, 0.3) is 0 Å². The third kappa shape index (κ3) is 4.75. The van der Waals surface area contributed by atoms with E-state index in [9.17, 15) is 4.39 Å². The Morgan fingerprint density at radius 3 is 2.88 bits per heavy atom. The summed E-state index contributed by atoms with van der Waals surface area (Å²) in [5, 5.41) is 0. The fraction of sp³-hybridized carbons (Fsp3) is 0.538. The molecule has 1 rings (SSSR count). The molecule has 0 amide bonds. The second-order valence-electron chi connectivity index (χ2n) is 3.75. The van der Waals surface area contributed by atoms with E-state index in [0.29, 0.717) is 5.88 Å². The van der Waals surface area contributed by atoms with Crippen molar-refractivity contribution in [3.05, 3.63) is 35.6 Å². The number of alkyl halides is 1. The molecule has 0 radical (unpaired) electrons. The first-order chi connectivity index (χ1) is 7.77. The summed E-state index contributed by atoms with van der Waals surface area (Å²) in [6.45, 7) is 2.16. The summed E-state index contributed by atoms with van der Waals surface area (Å²) in [5.41, 5.74) is 1.02. The Hall–Kier alpha value is -0.210. The predicted octanol–water partition coefficient (Wildman–Crippen LogP) is 4.68. The molecule has 0 saturated heterocycles. The van der Waals surface area contributed by atoms with Crippen molar-refractivity contribution in [1.82, 2.24) is 0 Å². The minimum absolute atomic E-state index is 0.171. The zero-order valence-electron chi connectivity index (χ0n) is 9.59. The van der Waals surface area contributed by atoms with Gasteiger partial charge in [-0.15, -0.1) is 11.6 Å². The zero-order valence-corrected chi connectivity index (χ0v) is 11.2. The van der Waals surface area contributed by atoms with Gasteiger partial charge in [0.05, 0.1) is 0 Å². The van der Waals surface area contributed by atoms with Gasteiger partial charge in [-0.1, -0.05) is 19.1 Å². The average molecular weight is 261 g/mol. The standard InChI is InChI=1S/C13H18ClFS/c1-2-16-8-4-6-12(10-14)11-5-3-7-13(15)9-11/h3,5,7,9,12H,2,4,6,8,10H2,1H3. The van der Waals surface area contributed by atoms with E-state index in [1.807, 2.05) is 17.8 Å². The molecule has 90 valence electrons. The first-order valence-electron chi connectivity index (χ1n) is 5.67. The van der Waals surface area contributed by atoms with E-state index in [4.69, 9.17) is 11.6 Å². The van der Waals surface area contributed by atoms with Gasteiger partial charge in [0.15, 0.2) is 0 Å². The van der Waals surface area contributed by atoms with E-state index in [1.165, 1.54) is 11.8 Å². The fourth-order valence-corrected chi connectivity index (χ4v) is 2.66. The van der Waals surface area contributed by atoms with Gasteiger partial charge in [0, 0.05) is 5.88 Å². The zero-order chi connectivity index (χ0) is 11.8. The molecular formula is C13H18ClFS. The Kier molecular flexibility index (Phi) is 6.90. The molecule has 0 bridgehead atoms. The predicted molar refractivity (Wildman–Crippen MR) is 72.1 cm³/mol. The molecule has 0 heterocycles. The van der Waals surface area contributed by atoms with Gasteiger partial charge >= 0.3 is 0 Å². The van der Waals surface area contributed by atoms with Crippen molar-refractivity contribution in [2.24, 2.45) is 0 Å². The highest BCUT2D eigenvalue weighted by atomic mass is 35.5.